The number of nitrogens with zero attached hydrogens (tertiary/aromatic N) is 2. The van der Waals surface area contributed by atoms with Crippen LogP contribution in [-0.2, 0) is 19.1 Å². The summed E-state index contributed by atoms with van der Waals surface area (Å²) in [5, 5.41) is 9.26. The maximum absolute atomic E-state index is 12.8. The fourth-order valence-electron chi connectivity index (χ4n) is 8.39. The average molecular weight is 837 g/mol. The van der Waals surface area contributed by atoms with Gasteiger partial charge in [0, 0.05) is 32.5 Å². The van der Waals surface area contributed by atoms with Crippen LogP contribution in [0.25, 0.3) is 0 Å². The van der Waals surface area contributed by atoms with Gasteiger partial charge in [-0.2, -0.15) is 0 Å². The standard InChI is InChI=1S/C52H104N2O5/c1-6-11-15-19-21-27-37-49(35-25-17-13-8-3)47-58-51(56)39-29-23-31-42-54(45-44-53(10-5)41-33-34-46-55)43-32-24-30-40-52(57)59-48-50(36-26-18-14-9-4)38-28-22-20-16-12-7-2/h49-50,55H,6-48H2,1-5H3. The van der Waals surface area contributed by atoms with Gasteiger partial charge in [0.05, 0.1) is 13.2 Å². The highest BCUT2D eigenvalue weighted by molar-refractivity contribution is 5.69. The molecule has 0 heterocycles. The molecule has 0 rings (SSSR count). The van der Waals surface area contributed by atoms with Crippen LogP contribution in [0.2, 0.25) is 0 Å². The molecule has 7 heteroatoms. The van der Waals surface area contributed by atoms with E-state index in [-0.39, 0.29) is 18.5 Å². The number of aliphatic hydroxyl groups is 1. The van der Waals surface area contributed by atoms with E-state index in [0.717, 1.165) is 90.6 Å². The lowest BCUT2D eigenvalue weighted by atomic mass is 9.95. The van der Waals surface area contributed by atoms with Gasteiger partial charge in [-0.05, 0) is 102 Å². The zero-order valence-electron chi connectivity index (χ0n) is 40.5. The smallest absolute Gasteiger partial charge is 0.305 e. The second kappa shape index (κ2) is 46.3. The molecule has 0 aromatic rings. The van der Waals surface area contributed by atoms with E-state index in [2.05, 4.69) is 44.4 Å². The lowest BCUT2D eigenvalue weighted by molar-refractivity contribution is -0.146. The van der Waals surface area contributed by atoms with E-state index < -0.39 is 0 Å². The second-order valence-corrected chi connectivity index (χ2v) is 18.2. The maximum Gasteiger partial charge on any atom is 0.305 e. The van der Waals surface area contributed by atoms with Crippen LogP contribution in [0.15, 0.2) is 0 Å². The molecule has 0 aliphatic heterocycles. The van der Waals surface area contributed by atoms with Gasteiger partial charge in [-0.25, -0.2) is 0 Å². The van der Waals surface area contributed by atoms with E-state index in [1.165, 1.54) is 154 Å². The molecule has 2 unspecified atom stereocenters. The Hall–Kier alpha value is -1.18. The van der Waals surface area contributed by atoms with Gasteiger partial charge in [0.1, 0.15) is 0 Å². The number of carbonyl (C=O) groups excluding carboxylic acids is 2. The summed E-state index contributed by atoms with van der Waals surface area (Å²) >= 11 is 0. The van der Waals surface area contributed by atoms with Crippen LogP contribution in [0.5, 0.6) is 0 Å². The van der Waals surface area contributed by atoms with Crippen molar-refractivity contribution in [2.75, 3.05) is 59.1 Å². The number of hydrogen-bond acceptors (Lipinski definition) is 7. The van der Waals surface area contributed by atoms with E-state index in [1.54, 1.807) is 0 Å². The van der Waals surface area contributed by atoms with Gasteiger partial charge < -0.3 is 24.4 Å². The van der Waals surface area contributed by atoms with Crippen molar-refractivity contribution in [3.63, 3.8) is 0 Å². The Labute approximate surface area is 368 Å². The lowest BCUT2D eigenvalue weighted by Gasteiger charge is -2.27. The number of unbranched alkanes of at least 4 members (excludes halogenated alkanes) is 21. The van der Waals surface area contributed by atoms with Crippen LogP contribution >= 0.6 is 0 Å². The zero-order valence-corrected chi connectivity index (χ0v) is 40.5. The number of aliphatic hydroxyl groups excluding tert-OH is 1. The Balaban J connectivity index is 4.74. The first-order valence-corrected chi connectivity index (χ1v) is 26.3. The maximum atomic E-state index is 12.8. The third-order valence-corrected chi connectivity index (χ3v) is 12.6. The van der Waals surface area contributed by atoms with Crippen molar-refractivity contribution in [1.29, 1.82) is 0 Å². The number of ether oxygens (including phenoxy) is 2. The molecule has 0 aliphatic rings. The molecule has 0 spiro atoms. The Morgan fingerprint density at radius 3 is 1.10 bits per heavy atom. The van der Waals surface area contributed by atoms with Gasteiger partial charge >= 0.3 is 11.9 Å². The van der Waals surface area contributed by atoms with Crippen LogP contribution in [0.1, 0.15) is 253 Å². The summed E-state index contributed by atoms with van der Waals surface area (Å²) in [6, 6.07) is 0. The van der Waals surface area contributed by atoms with Crippen molar-refractivity contribution in [3.8, 4) is 0 Å². The Morgan fingerprint density at radius 2 is 0.712 bits per heavy atom. The molecule has 0 fully saturated rings. The Bertz CT molecular complexity index is 814. The van der Waals surface area contributed by atoms with E-state index >= 15 is 0 Å². The fraction of sp³-hybridized carbons (Fsp3) is 0.962. The first kappa shape index (κ1) is 57.8. The summed E-state index contributed by atoms with van der Waals surface area (Å²) in [7, 11) is 0. The number of rotatable bonds is 48. The molecule has 1 N–H and O–H groups in total. The largest absolute Gasteiger partial charge is 0.465 e. The van der Waals surface area contributed by atoms with E-state index in [4.69, 9.17) is 9.47 Å². The number of carbonyl (C=O) groups is 2. The third kappa shape index (κ3) is 40.6. The minimum absolute atomic E-state index is 0.0105. The molecule has 0 radical (unpaired) electrons. The second-order valence-electron chi connectivity index (χ2n) is 18.2. The average Bonchev–Trinajstić information content (AvgIpc) is 3.24. The van der Waals surface area contributed by atoms with Crippen molar-refractivity contribution >= 4 is 11.9 Å². The van der Waals surface area contributed by atoms with Crippen molar-refractivity contribution in [1.82, 2.24) is 9.80 Å². The molecule has 0 amide bonds. The number of hydrogen-bond donors (Lipinski definition) is 1. The summed E-state index contributed by atoms with van der Waals surface area (Å²) in [5.74, 6) is 1.02. The quantitative estimate of drug-likeness (QED) is 0.0483. The van der Waals surface area contributed by atoms with Crippen LogP contribution in [0.4, 0.5) is 0 Å². The van der Waals surface area contributed by atoms with Gasteiger partial charge in [-0.1, -0.05) is 176 Å². The molecule has 0 aromatic carbocycles. The molecule has 352 valence electrons. The monoisotopic (exact) mass is 837 g/mol. The zero-order chi connectivity index (χ0) is 43.3. The topological polar surface area (TPSA) is 79.3 Å². The molecule has 0 aromatic heterocycles. The molecular weight excluding hydrogens is 733 g/mol. The molecule has 0 saturated heterocycles. The van der Waals surface area contributed by atoms with E-state index in [1.807, 2.05) is 0 Å². The van der Waals surface area contributed by atoms with E-state index in [0.29, 0.717) is 37.9 Å². The lowest BCUT2D eigenvalue weighted by Crippen LogP contribution is -2.36. The van der Waals surface area contributed by atoms with Crippen molar-refractivity contribution in [2.24, 2.45) is 11.8 Å². The SMILES string of the molecule is CCCCCCCCC(CCCCCC)COC(=O)CCCCCN(CCCCCC(=O)OCC(CCCCCC)CCCCCCCC)CCN(CC)CCCCO. The van der Waals surface area contributed by atoms with Crippen molar-refractivity contribution < 1.29 is 24.2 Å². The number of likely N-dealkylation sites (N-methyl/N-ethyl adjacent to an activating group) is 1. The van der Waals surface area contributed by atoms with Crippen LogP contribution in [-0.4, -0.2) is 85.9 Å². The van der Waals surface area contributed by atoms with Crippen molar-refractivity contribution in [3.05, 3.63) is 0 Å². The summed E-state index contributed by atoms with van der Waals surface area (Å²) < 4.78 is 11.7. The Morgan fingerprint density at radius 1 is 0.390 bits per heavy atom. The summed E-state index contributed by atoms with van der Waals surface area (Å²) in [5.41, 5.74) is 0. The minimum Gasteiger partial charge on any atom is -0.465 e. The first-order chi connectivity index (χ1) is 28.9. The molecule has 0 saturated carbocycles. The number of esters is 2. The van der Waals surface area contributed by atoms with Gasteiger partial charge in [-0.15, -0.1) is 0 Å². The van der Waals surface area contributed by atoms with Gasteiger partial charge in [0.25, 0.3) is 0 Å². The minimum atomic E-state index is -0.0105. The first-order valence-electron chi connectivity index (χ1n) is 26.3. The van der Waals surface area contributed by atoms with Crippen LogP contribution in [0, 0.1) is 11.8 Å². The molecule has 59 heavy (non-hydrogen) atoms. The highest BCUT2D eigenvalue weighted by Crippen LogP contribution is 2.21. The predicted molar refractivity (Wildman–Crippen MR) is 254 cm³/mol. The highest BCUT2D eigenvalue weighted by Gasteiger charge is 2.15. The summed E-state index contributed by atoms with van der Waals surface area (Å²) in [6.07, 6.45) is 39.8. The normalized spacial score (nSPS) is 12.7. The van der Waals surface area contributed by atoms with Gasteiger partial charge in [-0.3, -0.25) is 9.59 Å². The van der Waals surface area contributed by atoms with Gasteiger partial charge in [0.2, 0.25) is 0 Å². The molecule has 0 bridgehead atoms. The molecule has 7 nitrogen and oxygen atoms in total. The Kier molecular flexibility index (Phi) is 45.4. The van der Waals surface area contributed by atoms with Gasteiger partial charge in [0.15, 0.2) is 0 Å². The van der Waals surface area contributed by atoms with E-state index in [9.17, 15) is 14.7 Å². The van der Waals surface area contributed by atoms with Crippen LogP contribution < -0.4 is 0 Å². The summed E-state index contributed by atoms with van der Waals surface area (Å²) in [6.45, 7) is 19.0. The fourth-order valence-corrected chi connectivity index (χ4v) is 8.39. The molecule has 2 atom stereocenters. The third-order valence-electron chi connectivity index (χ3n) is 12.6. The molecular formula is C52H104N2O5. The van der Waals surface area contributed by atoms with Crippen molar-refractivity contribution in [2.45, 2.75) is 253 Å². The highest BCUT2D eigenvalue weighted by atomic mass is 16.5. The predicted octanol–water partition coefficient (Wildman–Crippen LogP) is 14.3. The van der Waals surface area contributed by atoms with Crippen LogP contribution in [0.3, 0.4) is 0 Å². The molecule has 0 aliphatic carbocycles. The summed E-state index contributed by atoms with van der Waals surface area (Å²) in [4.78, 5) is 30.6.